The molecule has 12 aliphatic carbocycles. The normalized spacial score (nSPS) is 67.2. The van der Waals surface area contributed by atoms with Crippen LogP contribution in [0.3, 0.4) is 0 Å². The van der Waals surface area contributed by atoms with Crippen molar-refractivity contribution in [2.45, 2.75) is 63.8 Å². The van der Waals surface area contributed by atoms with Crippen LogP contribution in [-0.2, 0) is 9.68 Å². The van der Waals surface area contributed by atoms with Gasteiger partial charge >= 0.3 is 5.09 Å². The predicted molar refractivity (Wildman–Crippen MR) is 118 cm³/mol. The van der Waals surface area contributed by atoms with Crippen molar-refractivity contribution in [2.75, 3.05) is 13.1 Å². The molecule has 12 unspecified atom stereocenters. The molecule has 0 aliphatic heterocycles. The van der Waals surface area contributed by atoms with E-state index in [1.54, 1.807) is 37.5 Å². The summed E-state index contributed by atoms with van der Waals surface area (Å²) in [6, 6.07) is 0. The summed E-state index contributed by atoms with van der Waals surface area (Å²) in [5.41, 5.74) is -0.563. The van der Waals surface area contributed by atoms with E-state index in [9.17, 15) is 25.3 Å². The van der Waals surface area contributed by atoms with Gasteiger partial charge in [0.1, 0.15) is 29.8 Å². The van der Waals surface area contributed by atoms with E-state index >= 15 is 0 Å². The molecule has 4 N–H and O–H groups in total. The monoisotopic (exact) mass is 502 g/mol. The highest BCUT2D eigenvalue weighted by atomic mass is 17.0. The Labute approximate surface area is 209 Å². The molecule has 0 aromatic carbocycles. The fraction of sp³-hybridized carbons (Fsp3) is 1.00. The molecular weight excluding hydrogens is 466 g/mol. The standard InChI is InChI=1S/C26H36N3O7/c1-7(30)27(8(2)31)5-23-15-11-17-12(15)20(23)25(17,19(11)23)35-29(34)36-26-18-13-16-14(18)22(26)24(16,21(13)26)6-28(9(3)32)10(4)33/h7-22,30-33H,5-6H2,1-4H3/q+1. The molecule has 10 heteroatoms. The summed E-state index contributed by atoms with van der Waals surface area (Å²) in [4.78, 5) is 29.1. The number of nitrogens with zero attached hydrogens (tertiary/aromatic N) is 3. The number of rotatable bonds is 12. The summed E-state index contributed by atoms with van der Waals surface area (Å²) in [7, 11) is 0. The van der Waals surface area contributed by atoms with Crippen molar-refractivity contribution in [3.63, 3.8) is 0 Å². The Morgan fingerprint density at radius 3 is 1.22 bits per heavy atom. The van der Waals surface area contributed by atoms with Gasteiger partial charge in [0.2, 0.25) is 11.2 Å². The van der Waals surface area contributed by atoms with Crippen molar-refractivity contribution in [1.29, 1.82) is 0 Å². The molecular formula is C26H36N3O7+. The van der Waals surface area contributed by atoms with Crippen LogP contribution in [0.5, 0.6) is 0 Å². The molecule has 12 atom stereocenters. The summed E-state index contributed by atoms with van der Waals surface area (Å²) in [6.07, 6.45) is -2.83. The van der Waals surface area contributed by atoms with Crippen LogP contribution < -0.4 is 0 Å². The molecule has 12 saturated carbocycles. The Morgan fingerprint density at radius 1 is 0.639 bits per heavy atom. The van der Waals surface area contributed by atoms with Crippen LogP contribution >= 0.6 is 0 Å². The molecule has 0 amide bonds. The Kier molecular flexibility index (Phi) is 3.03. The van der Waals surface area contributed by atoms with Gasteiger partial charge in [-0.1, -0.05) is 0 Å². The van der Waals surface area contributed by atoms with Crippen LogP contribution in [0, 0.1) is 86.8 Å². The second kappa shape index (κ2) is 5.23. The van der Waals surface area contributed by atoms with Gasteiger partial charge in [-0.25, -0.2) is 0 Å². The highest BCUT2D eigenvalue weighted by Gasteiger charge is 3.15. The minimum Gasteiger partial charge on any atom is -0.379 e. The third-order valence-electron chi connectivity index (χ3n) is 14.7. The smallest absolute Gasteiger partial charge is 0.379 e. The van der Waals surface area contributed by atoms with Crippen molar-refractivity contribution in [2.24, 2.45) is 81.8 Å². The lowest BCUT2D eigenvalue weighted by atomic mass is 8.95. The minimum atomic E-state index is -0.707. The lowest BCUT2D eigenvalue weighted by molar-refractivity contribution is -1.05. The Bertz CT molecular complexity index is 1010. The van der Waals surface area contributed by atoms with Gasteiger partial charge in [0.15, 0.2) is 0 Å². The summed E-state index contributed by atoms with van der Waals surface area (Å²) in [5.74, 6) is 6.32. The van der Waals surface area contributed by atoms with Gasteiger partial charge in [-0.05, 0) is 63.2 Å². The maximum Gasteiger partial charge on any atom is 0.478 e. The largest absolute Gasteiger partial charge is 0.478 e. The number of aliphatic hydroxyl groups excluding tert-OH is 4. The third-order valence-corrected chi connectivity index (χ3v) is 14.7. The number of aliphatic hydroxyl groups is 4. The molecule has 36 heavy (non-hydrogen) atoms. The maximum absolute atomic E-state index is 13.2. The van der Waals surface area contributed by atoms with Crippen molar-refractivity contribution >= 4 is 0 Å². The van der Waals surface area contributed by atoms with Crippen LogP contribution in [0.2, 0.25) is 0 Å². The first-order valence-corrected chi connectivity index (χ1v) is 14.1. The minimum absolute atomic E-state index is 0.0929. The topological polar surface area (TPSA) is 126 Å². The Balaban J connectivity index is 0.848. The number of hydrogen-bond donors (Lipinski definition) is 4. The van der Waals surface area contributed by atoms with Crippen LogP contribution in [0.4, 0.5) is 0 Å². The van der Waals surface area contributed by atoms with E-state index in [4.69, 9.17) is 9.68 Å². The molecule has 12 fully saturated rings. The molecule has 10 nitrogen and oxygen atoms in total. The molecule has 0 heterocycles. The van der Waals surface area contributed by atoms with E-state index in [0.29, 0.717) is 89.2 Å². The van der Waals surface area contributed by atoms with Crippen LogP contribution in [0.25, 0.3) is 0 Å². The first kappa shape index (κ1) is 20.9. The Morgan fingerprint density at radius 2 is 0.944 bits per heavy atom. The quantitative estimate of drug-likeness (QED) is 0.208. The van der Waals surface area contributed by atoms with Crippen molar-refractivity contribution in [3.8, 4) is 0 Å². The summed E-state index contributed by atoms with van der Waals surface area (Å²) < 4.78 is 0. The molecule has 0 saturated heterocycles. The van der Waals surface area contributed by atoms with Gasteiger partial charge in [0.25, 0.3) is 0 Å². The van der Waals surface area contributed by atoms with E-state index in [1.807, 2.05) is 0 Å². The zero-order valence-corrected chi connectivity index (χ0v) is 21.0. The third kappa shape index (κ3) is 1.40. The molecule has 196 valence electrons. The van der Waals surface area contributed by atoms with Crippen LogP contribution in [-0.4, -0.2) is 84.5 Å². The van der Waals surface area contributed by atoms with E-state index in [2.05, 4.69) is 0 Å². The zero-order chi connectivity index (χ0) is 24.8. The van der Waals surface area contributed by atoms with Crippen molar-refractivity contribution in [3.05, 3.63) is 4.91 Å². The molecule has 0 spiro atoms. The summed E-state index contributed by atoms with van der Waals surface area (Å²) in [6.45, 7) is 8.14. The van der Waals surface area contributed by atoms with E-state index in [0.717, 1.165) is 0 Å². The molecule has 12 aliphatic rings. The fourth-order valence-corrected chi connectivity index (χ4v) is 14.5. The Hall–Kier alpha value is -1.04. The van der Waals surface area contributed by atoms with Gasteiger partial charge in [0, 0.05) is 59.4 Å². The van der Waals surface area contributed by atoms with Gasteiger partial charge in [0.05, 0.1) is 0 Å². The second-order valence-electron chi connectivity index (χ2n) is 14.5. The highest BCUT2D eigenvalue weighted by Crippen LogP contribution is 3.09. The van der Waals surface area contributed by atoms with Crippen molar-refractivity contribution < 1.29 is 35.2 Å². The lowest BCUT2D eigenvalue weighted by Crippen LogP contribution is -3.15. The lowest BCUT2D eigenvalue weighted by Gasteiger charge is -3.08. The molecule has 0 radical (unpaired) electrons. The first-order valence-electron chi connectivity index (χ1n) is 14.1. The van der Waals surface area contributed by atoms with Crippen molar-refractivity contribution in [1.82, 2.24) is 9.80 Å². The first-order chi connectivity index (χ1) is 17.0. The summed E-state index contributed by atoms with van der Waals surface area (Å²) >= 11 is 0. The summed E-state index contributed by atoms with van der Waals surface area (Å²) in [5, 5.41) is 41.2. The van der Waals surface area contributed by atoms with E-state index < -0.39 is 24.9 Å². The maximum atomic E-state index is 13.2. The van der Waals surface area contributed by atoms with Crippen LogP contribution in [0.15, 0.2) is 0 Å². The highest BCUT2D eigenvalue weighted by molar-refractivity contribution is 5.58. The predicted octanol–water partition coefficient (Wildman–Crippen LogP) is -0.433. The SMILES string of the molecule is CC(O)N(CC12C3C4C5C3C1C5(O[N+](=O)OC13C5C6C7C5C1C7(CN(C(C)O)C(C)O)C63)C42)C(C)O. The van der Waals surface area contributed by atoms with E-state index in [-0.39, 0.29) is 22.0 Å². The van der Waals surface area contributed by atoms with Gasteiger partial charge < -0.3 is 20.4 Å². The van der Waals surface area contributed by atoms with Gasteiger partial charge in [-0.3, -0.25) is 9.80 Å². The second-order valence-corrected chi connectivity index (χ2v) is 14.5. The molecule has 0 bridgehead atoms. The molecule has 0 aromatic rings. The molecule has 0 aromatic heterocycles. The fourth-order valence-electron chi connectivity index (χ4n) is 14.5. The van der Waals surface area contributed by atoms with Gasteiger partial charge in [-0.2, -0.15) is 9.68 Å². The van der Waals surface area contributed by atoms with E-state index in [1.165, 1.54) is 0 Å². The number of hydrogen-bond acceptors (Lipinski definition) is 9. The van der Waals surface area contributed by atoms with Gasteiger partial charge in [-0.15, -0.1) is 0 Å². The molecule has 12 rings (SSSR count). The average Bonchev–Trinajstić information content (AvgIpc) is 2.79. The van der Waals surface area contributed by atoms with Crippen LogP contribution in [0.1, 0.15) is 27.7 Å². The zero-order valence-electron chi connectivity index (χ0n) is 21.0. The average molecular weight is 503 g/mol.